The van der Waals surface area contributed by atoms with Crippen LogP contribution in [0.5, 0.6) is 0 Å². The van der Waals surface area contributed by atoms with Gasteiger partial charge in [0.1, 0.15) is 0 Å². The lowest BCUT2D eigenvalue weighted by atomic mass is 9.91. The van der Waals surface area contributed by atoms with Crippen LogP contribution in [-0.4, -0.2) is 16.5 Å². The highest BCUT2D eigenvalue weighted by Gasteiger charge is 2.22. The molecule has 4 heteroatoms. The summed E-state index contributed by atoms with van der Waals surface area (Å²) in [5, 5.41) is 12.1. The molecule has 0 bridgehead atoms. The van der Waals surface area contributed by atoms with Crippen molar-refractivity contribution in [3.05, 3.63) is 82.0 Å². The van der Waals surface area contributed by atoms with E-state index in [1.807, 2.05) is 60.8 Å². The topological polar surface area (TPSA) is 58.9 Å². The minimum Gasteiger partial charge on any atom is -0.361 e. The fourth-order valence-corrected chi connectivity index (χ4v) is 2.60. The molecule has 0 saturated carbocycles. The molecule has 0 spiro atoms. The predicted octanol–water partition coefficient (Wildman–Crippen LogP) is 3.58. The lowest BCUT2D eigenvalue weighted by Crippen LogP contribution is -2.13. The van der Waals surface area contributed by atoms with Crippen LogP contribution in [-0.2, 0) is 0 Å². The number of H-pyrrole nitrogens is 1. The number of nitro groups is 1. The minimum atomic E-state index is -0.251. The van der Waals surface area contributed by atoms with Crippen LogP contribution in [0.1, 0.15) is 17.0 Å². The summed E-state index contributed by atoms with van der Waals surface area (Å²) in [5.41, 5.74) is 2.95. The maximum absolute atomic E-state index is 11.0. The van der Waals surface area contributed by atoms with Crippen molar-refractivity contribution in [1.82, 2.24) is 4.98 Å². The molecule has 3 aromatic rings. The second-order valence-electron chi connectivity index (χ2n) is 4.77. The number of rotatable bonds is 4. The monoisotopic (exact) mass is 266 g/mol. The Labute approximate surface area is 116 Å². The van der Waals surface area contributed by atoms with Gasteiger partial charge in [0.15, 0.2) is 0 Å². The van der Waals surface area contributed by atoms with Crippen LogP contribution in [0.4, 0.5) is 0 Å². The summed E-state index contributed by atoms with van der Waals surface area (Å²) in [7, 11) is 0. The molecule has 1 heterocycles. The van der Waals surface area contributed by atoms with Crippen LogP contribution >= 0.6 is 0 Å². The summed E-state index contributed by atoms with van der Waals surface area (Å²) in [6.07, 6.45) is 1.88. The number of nitrogens with zero attached hydrogens (tertiary/aromatic N) is 1. The summed E-state index contributed by atoms with van der Waals surface area (Å²) < 4.78 is 0. The Hall–Kier alpha value is -2.62. The molecule has 0 aliphatic carbocycles. The maximum atomic E-state index is 11.0. The molecule has 3 rings (SSSR count). The van der Waals surface area contributed by atoms with Gasteiger partial charge in [-0.1, -0.05) is 48.5 Å². The van der Waals surface area contributed by atoms with E-state index in [4.69, 9.17) is 0 Å². The lowest BCUT2D eigenvalue weighted by Gasteiger charge is -2.12. The van der Waals surface area contributed by atoms with Gasteiger partial charge in [0.25, 0.3) is 0 Å². The molecule has 0 amide bonds. The van der Waals surface area contributed by atoms with Gasteiger partial charge < -0.3 is 4.98 Å². The van der Waals surface area contributed by atoms with Crippen molar-refractivity contribution < 1.29 is 4.92 Å². The molecule has 1 atom stereocenters. The number of hydrogen-bond donors (Lipinski definition) is 1. The van der Waals surface area contributed by atoms with Crippen molar-refractivity contribution in [2.75, 3.05) is 6.54 Å². The molecule has 2 aromatic carbocycles. The van der Waals surface area contributed by atoms with E-state index < -0.39 is 0 Å². The molecule has 0 unspecified atom stereocenters. The molecular weight excluding hydrogens is 252 g/mol. The van der Waals surface area contributed by atoms with Gasteiger partial charge in [0, 0.05) is 22.0 Å². The molecule has 0 fully saturated rings. The van der Waals surface area contributed by atoms with Crippen LogP contribution in [0.15, 0.2) is 60.8 Å². The van der Waals surface area contributed by atoms with E-state index in [0.717, 1.165) is 22.0 Å². The zero-order valence-electron chi connectivity index (χ0n) is 10.8. The summed E-state index contributed by atoms with van der Waals surface area (Å²) in [6.45, 7) is -0.105. The zero-order valence-corrected chi connectivity index (χ0v) is 10.8. The predicted molar refractivity (Wildman–Crippen MR) is 78.4 cm³/mol. The third kappa shape index (κ3) is 2.28. The molecule has 0 aliphatic rings. The summed E-state index contributed by atoms with van der Waals surface area (Å²) in [5.74, 6) is -0.234. The fourth-order valence-electron chi connectivity index (χ4n) is 2.60. The fraction of sp³-hybridized carbons (Fsp3) is 0.125. The van der Waals surface area contributed by atoms with E-state index >= 15 is 0 Å². The first-order valence-electron chi connectivity index (χ1n) is 6.48. The molecule has 0 aliphatic heterocycles. The Morgan fingerprint density at radius 1 is 1.05 bits per heavy atom. The van der Waals surface area contributed by atoms with Gasteiger partial charge in [0.2, 0.25) is 6.54 Å². The van der Waals surface area contributed by atoms with Crippen LogP contribution in [0.3, 0.4) is 0 Å². The van der Waals surface area contributed by atoms with Crippen molar-refractivity contribution in [3.8, 4) is 0 Å². The van der Waals surface area contributed by atoms with E-state index in [9.17, 15) is 10.1 Å². The van der Waals surface area contributed by atoms with E-state index in [1.165, 1.54) is 0 Å². The molecule has 4 nitrogen and oxygen atoms in total. The van der Waals surface area contributed by atoms with Crippen molar-refractivity contribution in [3.63, 3.8) is 0 Å². The van der Waals surface area contributed by atoms with Gasteiger partial charge in [-0.05, 0) is 17.2 Å². The average Bonchev–Trinajstić information content (AvgIpc) is 2.89. The summed E-state index contributed by atoms with van der Waals surface area (Å²) >= 11 is 0. The second-order valence-corrected chi connectivity index (χ2v) is 4.77. The lowest BCUT2D eigenvalue weighted by molar-refractivity contribution is -0.481. The molecule has 0 radical (unpaired) electrons. The summed E-state index contributed by atoms with van der Waals surface area (Å²) in [6, 6.07) is 17.5. The van der Waals surface area contributed by atoms with Crippen LogP contribution < -0.4 is 0 Å². The van der Waals surface area contributed by atoms with Gasteiger partial charge in [0.05, 0.1) is 5.92 Å². The highest BCUT2D eigenvalue weighted by atomic mass is 16.6. The molecule has 100 valence electrons. The normalized spacial score (nSPS) is 12.4. The Morgan fingerprint density at radius 3 is 2.50 bits per heavy atom. The second kappa shape index (κ2) is 5.17. The van der Waals surface area contributed by atoms with Crippen molar-refractivity contribution in [1.29, 1.82) is 0 Å². The SMILES string of the molecule is O=[N+]([O-])C[C@H](c1ccccc1)c1c[nH]c2ccccc12. The van der Waals surface area contributed by atoms with E-state index in [2.05, 4.69) is 4.98 Å². The smallest absolute Gasteiger partial charge is 0.214 e. The Bertz CT molecular complexity index is 734. The third-order valence-electron chi connectivity index (χ3n) is 3.53. The number of nitrogens with one attached hydrogen (secondary N) is 1. The standard InChI is InChI=1S/C16H14N2O2/c19-18(20)11-15(12-6-2-1-3-7-12)14-10-17-16-9-5-4-8-13(14)16/h1-10,15,17H,11H2/t15-/m1/s1. The van der Waals surface area contributed by atoms with Gasteiger partial charge in [-0.2, -0.15) is 0 Å². The van der Waals surface area contributed by atoms with Gasteiger partial charge in [-0.25, -0.2) is 0 Å². The first-order valence-corrected chi connectivity index (χ1v) is 6.48. The number of fused-ring (bicyclic) bond motifs is 1. The Balaban J connectivity index is 2.12. The summed E-state index contributed by atoms with van der Waals surface area (Å²) in [4.78, 5) is 13.9. The van der Waals surface area contributed by atoms with E-state index in [1.54, 1.807) is 0 Å². The zero-order chi connectivity index (χ0) is 13.9. The first-order chi connectivity index (χ1) is 9.75. The van der Waals surface area contributed by atoms with Crippen LogP contribution in [0, 0.1) is 10.1 Å². The molecule has 0 saturated heterocycles. The number of benzene rings is 2. The van der Waals surface area contributed by atoms with Crippen molar-refractivity contribution >= 4 is 10.9 Å². The number of aromatic nitrogens is 1. The third-order valence-corrected chi connectivity index (χ3v) is 3.53. The molecule has 20 heavy (non-hydrogen) atoms. The Morgan fingerprint density at radius 2 is 1.75 bits per heavy atom. The van der Waals surface area contributed by atoms with Gasteiger partial charge in [-0.3, -0.25) is 10.1 Å². The number of aromatic amines is 1. The number of hydrogen-bond acceptors (Lipinski definition) is 2. The first kappa shape index (κ1) is 12.4. The molecule has 1 aromatic heterocycles. The van der Waals surface area contributed by atoms with Crippen LogP contribution in [0.25, 0.3) is 10.9 Å². The average molecular weight is 266 g/mol. The van der Waals surface area contributed by atoms with E-state index in [0.29, 0.717) is 0 Å². The van der Waals surface area contributed by atoms with Crippen LogP contribution in [0.2, 0.25) is 0 Å². The van der Waals surface area contributed by atoms with Crippen molar-refractivity contribution in [2.24, 2.45) is 0 Å². The van der Waals surface area contributed by atoms with E-state index in [-0.39, 0.29) is 17.4 Å². The quantitative estimate of drug-likeness (QED) is 0.579. The van der Waals surface area contributed by atoms with Gasteiger partial charge >= 0.3 is 0 Å². The number of para-hydroxylation sites is 1. The highest BCUT2D eigenvalue weighted by Crippen LogP contribution is 2.30. The molecular formula is C16H14N2O2. The molecule has 1 N–H and O–H groups in total. The minimum absolute atomic E-state index is 0.105. The Kier molecular flexibility index (Phi) is 3.21. The van der Waals surface area contributed by atoms with Gasteiger partial charge in [-0.15, -0.1) is 0 Å². The maximum Gasteiger partial charge on any atom is 0.214 e. The largest absolute Gasteiger partial charge is 0.361 e. The van der Waals surface area contributed by atoms with Crippen molar-refractivity contribution in [2.45, 2.75) is 5.92 Å². The highest BCUT2D eigenvalue weighted by molar-refractivity contribution is 5.84.